The first-order valence-electron chi connectivity index (χ1n) is 13.9. The molecular formula is C28H38F3N3O6. The van der Waals surface area contributed by atoms with Crippen LogP contribution in [-0.2, 0) is 42.9 Å². The fraction of sp³-hybridized carbons (Fsp3) is 0.714. The Bertz CT molecular complexity index is 1090. The summed E-state index contributed by atoms with van der Waals surface area (Å²) in [4.78, 5) is 30.4. The number of nitrogens with zero attached hydrogens (tertiary/aromatic N) is 2. The third kappa shape index (κ3) is 5.81. The van der Waals surface area contributed by atoms with E-state index in [1.807, 2.05) is 0 Å². The van der Waals surface area contributed by atoms with Crippen LogP contribution in [0.5, 0.6) is 0 Å². The molecule has 2 saturated heterocycles. The first-order valence-corrected chi connectivity index (χ1v) is 13.9. The van der Waals surface area contributed by atoms with Crippen molar-refractivity contribution in [2.24, 2.45) is 11.3 Å². The number of amides is 2. The molecule has 1 aromatic carbocycles. The predicted octanol–water partition coefficient (Wildman–Crippen LogP) is 2.85. The van der Waals surface area contributed by atoms with Crippen LogP contribution in [0.3, 0.4) is 0 Å². The Hall–Kier alpha value is -2.41. The van der Waals surface area contributed by atoms with Gasteiger partial charge in [-0.05, 0) is 54.9 Å². The van der Waals surface area contributed by atoms with Crippen LogP contribution in [0.4, 0.5) is 18.0 Å². The summed E-state index contributed by atoms with van der Waals surface area (Å²) in [5.41, 5.74) is -0.201. The molecule has 0 radical (unpaired) electrons. The van der Waals surface area contributed by atoms with Crippen LogP contribution in [0.25, 0.3) is 0 Å². The van der Waals surface area contributed by atoms with Gasteiger partial charge in [0.25, 0.3) is 0 Å². The Labute approximate surface area is 232 Å². The second-order valence-corrected chi connectivity index (χ2v) is 11.3. The standard InChI is InChI=1S/C28H38F3N3O6/c1-37-9-10-40-26(36)34-15-21-12-22(32-23-6-8-39-16-24(23)38-2)13-27(21,17-34)25(35)33-7-5-18-3-4-20(28(29,30)31)11-19(18)14-33/h3-4,11,21-24,32H,5-10,12-17H2,1-2H3. The van der Waals surface area contributed by atoms with Gasteiger partial charge in [0.15, 0.2) is 0 Å². The van der Waals surface area contributed by atoms with E-state index in [4.69, 9.17) is 18.9 Å². The highest BCUT2D eigenvalue weighted by atomic mass is 19.4. The lowest BCUT2D eigenvalue weighted by Crippen LogP contribution is -2.52. The molecule has 3 fully saturated rings. The quantitative estimate of drug-likeness (QED) is 0.506. The highest BCUT2D eigenvalue weighted by molar-refractivity contribution is 5.86. The number of benzene rings is 1. The zero-order valence-corrected chi connectivity index (χ0v) is 23.0. The Balaban J connectivity index is 1.35. The predicted molar refractivity (Wildman–Crippen MR) is 137 cm³/mol. The SMILES string of the molecule is COCCOC(=O)N1CC2CC(NC3CCOCC3OC)CC2(C(=O)N2CCc3ccc(C(F)(F)F)cc3C2)C1. The van der Waals surface area contributed by atoms with Crippen molar-refractivity contribution in [3.63, 3.8) is 0 Å². The highest BCUT2D eigenvalue weighted by Gasteiger charge is 2.60. The molecule has 222 valence electrons. The topological polar surface area (TPSA) is 89.6 Å². The van der Waals surface area contributed by atoms with Gasteiger partial charge in [0.2, 0.25) is 5.91 Å². The van der Waals surface area contributed by atoms with E-state index in [1.165, 1.54) is 13.2 Å². The summed E-state index contributed by atoms with van der Waals surface area (Å²) in [5, 5.41) is 3.70. The van der Waals surface area contributed by atoms with Crippen molar-refractivity contribution in [3.8, 4) is 0 Å². The van der Waals surface area contributed by atoms with Crippen molar-refractivity contribution in [1.29, 1.82) is 0 Å². The van der Waals surface area contributed by atoms with Crippen LogP contribution in [0.1, 0.15) is 36.0 Å². The molecule has 5 atom stereocenters. The lowest BCUT2D eigenvalue weighted by atomic mass is 9.78. The number of likely N-dealkylation sites (tertiary alicyclic amines) is 1. The molecule has 0 aromatic heterocycles. The summed E-state index contributed by atoms with van der Waals surface area (Å²) >= 11 is 0. The molecule has 1 N–H and O–H groups in total. The minimum Gasteiger partial charge on any atom is -0.447 e. The molecule has 2 amide bonds. The molecule has 4 aliphatic rings. The lowest BCUT2D eigenvalue weighted by Gasteiger charge is -2.38. The number of carbonyl (C=O) groups is 2. The van der Waals surface area contributed by atoms with E-state index < -0.39 is 23.2 Å². The summed E-state index contributed by atoms with van der Waals surface area (Å²) in [5.74, 6) is -0.205. The van der Waals surface area contributed by atoms with E-state index >= 15 is 0 Å². The molecule has 40 heavy (non-hydrogen) atoms. The van der Waals surface area contributed by atoms with Crippen molar-refractivity contribution in [1.82, 2.24) is 15.1 Å². The smallest absolute Gasteiger partial charge is 0.416 e. The average Bonchev–Trinajstić information content (AvgIpc) is 3.47. The fourth-order valence-corrected chi connectivity index (χ4v) is 6.93. The van der Waals surface area contributed by atoms with E-state index in [0.717, 1.165) is 24.1 Å². The van der Waals surface area contributed by atoms with E-state index in [-0.39, 0.29) is 56.3 Å². The van der Waals surface area contributed by atoms with Gasteiger partial charge in [-0.3, -0.25) is 4.79 Å². The Morgan fingerprint density at radius 1 is 1.18 bits per heavy atom. The van der Waals surface area contributed by atoms with Gasteiger partial charge >= 0.3 is 12.3 Å². The number of hydrogen-bond acceptors (Lipinski definition) is 7. The summed E-state index contributed by atoms with van der Waals surface area (Å²) in [6.07, 6.45) is -2.51. The highest BCUT2D eigenvalue weighted by Crippen LogP contribution is 2.51. The summed E-state index contributed by atoms with van der Waals surface area (Å²) in [6.45, 7) is 2.68. The number of hydrogen-bond donors (Lipinski definition) is 1. The van der Waals surface area contributed by atoms with Gasteiger partial charge in [0.05, 0.1) is 30.3 Å². The second kappa shape index (κ2) is 11.8. The minimum absolute atomic E-state index is 0.0373. The van der Waals surface area contributed by atoms with Crippen LogP contribution >= 0.6 is 0 Å². The minimum atomic E-state index is -4.45. The van der Waals surface area contributed by atoms with Crippen molar-refractivity contribution in [2.45, 2.75) is 56.6 Å². The summed E-state index contributed by atoms with van der Waals surface area (Å²) in [6, 6.07) is 3.91. The molecule has 1 aromatic rings. The first-order chi connectivity index (χ1) is 19.1. The molecule has 0 spiro atoms. The summed E-state index contributed by atoms with van der Waals surface area (Å²) in [7, 11) is 3.18. The van der Waals surface area contributed by atoms with Crippen LogP contribution in [0.15, 0.2) is 18.2 Å². The molecule has 5 unspecified atom stereocenters. The molecule has 3 aliphatic heterocycles. The molecular weight excluding hydrogens is 531 g/mol. The zero-order chi connectivity index (χ0) is 28.5. The number of carbonyl (C=O) groups excluding carboxylic acids is 2. The van der Waals surface area contributed by atoms with Gasteiger partial charge in [-0.1, -0.05) is 6.07 Å². The molecule has 3 heterocycles. The number of nitrogens with one attached hydrogen (secondary N) is 1. The van der Waals surface area contributed by atoms with Gasteiger partial charge in [-0.15, -0.1) is 0 Å². The average molecular weight is 570 g/mol. The van der Waals surface area contributed by atoms with Gasteiger partial charge in [0, 0.05) is 59.1 Å². The first kappa shape index (κ1) is 29.1. The maximum absolute atomic E-state index is 14.3. The van der Waals surface area contributed by atoms with Crippen molar-refractivity contribution in [3.05, 3.63) is 34.9 Å². The van der Waals surface area contributed by atoms with Gasteiger partial charge in [-0.25, -0.2) is 4.79 Å². The van der Waals surface area contributed by atoms with Gasteiger partial charge in [-0.2, -0.15) is 13.2 Å². The van der Waals surface area contributed by atoms with Gasteiger partial charge < -0.3 is 34.1 Å². The van der Waals surface area contributed by atoms with Crippen LogP contribution in [0.2, 0.25) is 0 Å². The lowest BCUT2D eigenvalue weighted by molar-refractivity contribution is -0.143. The van der Waals surface area contributed by atoms with E-state index in [0.29, 0.717) is 51.1 Å². The second-order valence-electron chi connectivity index (χ2n) is 11.3. The fourth-order valence-electron chi connectivity index (χ4n) is 6.93. The third-order valence-electron chi connectivity index (χ3n) is 8.96. The molecule has 12 heteroatoms. The molecule has 5 rings (SSSR count). The van der Waals surface area contributed by atoms with Crippen molar-refractivity contribution < 1.29 is 41.7 Å². The Morgan fingerprint density at radius 2 is 2.00 bits per heavy atom. The van der Waals surface area contributed by atoms with Crippen LogP contribution in [0, 0.1) is 11.3 Å². The number of alkyl halides is 3. The Kier molecular flexibility index (Phi) is 8.61. The monoisotopic (exact) mass is 569 g/mol. The molecule has 1 saturated carbocycles. The maximum atomic E-state index is 14.3. The number of halogens is 3. The zero-order valence-electron chi connectivity index (χ0n) is 23.0. The van der Waals surface area contributed by atoms with Gasteiger partial charge in [0.1, 0.15) is 6.61 Å². The van der Waals surface area contributed by atoms with E-state index in [9.17, 15) is 22.8 Å². The number of methoxy groups -OCH3 is 2. The third-order valence-corrected chi connectivity index (χ3v) is 8.96. The van der Waals surface area contributed by atoms with Crippen LogP contribution in [-0.4, -0.2) is 100 Å². The molecule has 9 nitrogen and oxygen atoms in total. The number of fused-ring (bicyclic) bond motifs is 2. The molecule has 0 bridgehead atoms. The summed E-state index contributed by atoms with van der Waals surface area (Å²) < 4.78 is 61.7. The Morgan fingerprint density at radius 3 is 2.75 bits per heavy atom. The van der Waals surface area contributed by atoms with Crippen molar-refractivity contribution in [2.75, 3.05) is 60.3 Å². The van der Waals surface area contributed by atoms with E-state index in [1.54, 1.807) is 16.9 Å². The normalized spacial score (nSPS) is 30.2. The van der Waals surface area contributed by atoms with Crippen molar-refractivity contribution >= 4 is 12.0 Å². The maximum Gasteiger partial charge on any atom is 0.416 e. The number of ether oxygens (including phenoxy) is 4. The molecule has 1 aliphatic carbocycles. The number of rotatable bonds is 7. The largest absolute Gasteiger partial charge is 0.447 e. The van der Waals surface area contributed by atoms with E-state index in [2.05, 4.69) is 5.32 Å². The van der Waals surface area contributed by atoms with Crippen LogP contribution < -0.4 is 5.32 Å².